The van der Waals surface area contributed by atoms with E-state index in [-0.39, 0.29) is 0 Å². The van der Waals surface area contributed by atoms with Gasteiger partial charge in [-0.05, 0) is 68.4 Å². The monoisotopic (exact) mass is 347 g/mol. The third kappa shape index (κ3) is 3.08. The molecule has 2 heteroatoms. The number of allylic oxidation sites excluding steroid dienone is 8. The minimum absolute atomic E-state index is 0.328. The molecule has 0 N–H and O–H groups in total. The van der Waals surface area contributed by atoms with Crippen LogP contribution in [0.3, 0.4) is 0 Å². The molecule has 1 saturated heterocycles. The molecule has 0 amide bonds. The highest BCUT2D eigenvalue weighted by Crippen LogP contribution is 2.46. The number of fused-ring (bicyclic) bond motifs is 2. The summed E-state index contributed by atoms with van der Waals surface area (Å²) in [6, 6.07) is 0. The Morgan fingerprint density at radius 2 is 1.85 bits per heavy atom. The van der Waals surface area contributed by atoms with Gasteiger partial charge in [-0.3, -0.25) is 0 Å². The Hall–Kier alpha value is -1.70. The topological polar surface area (TPSA) is 3.24 Å². The largest absolute Gasteiger partial charge is 0.388 e. The maximum Gasteiger partial charge on any atom is 0.290 e. The zero-order valence-electron chi connectivity index (χ0n) is 17.5. The van der Waals surface area contributed by atoms with Crippen LogP contribution in [0.25, 0.3) is 0 Å². The maximum absolute atomic E-state index is 4.58. The van der Waals surface area contributed by atoms with Gasteiger partial charge in [0, 0.05) is 11.6 Å². The number of hydrogen-bond donors (Lipinski definition) is 0. The molecule has 1 nitrogen and oxygen atoms in total. The van der Waals surface area contributed by atoms with Crippen molar-refractivity contribution in [3.63, 3.8) is 0 Å². The molecule has 1 unspecified atom stereocenters. The van der Waals surface area contributed by atoms with Crippen LogP contribution in [0.1, 0.15) is 60.3 Å². The van der Waals surface area contributed by atoms with E-state index in [2.05, 4.69) is 77.3 Å². The molecule has 0 bridgehead atoms. The molecule has 0 aromatic rings. The van der Waals surface area contributed by atoms with Gasteiger partial charge in [-0.2, -0.15) is 0 Å². The molecule has 138 valence electrons. The van der Waals surface area contributed by atoms with Crippen molar-refractivity contribution in [2.24, 2.45) is 11.8 Å². The normalized spacial score (nSPS) is 24.6. The van der Waals surface area contributed by atoms with Gasteiger partial charge in [-0.1, -0.05) is 69.0 Å². The lowest BCUT2D eigenvalue weighted by Gasteiger charge is -2.42. The Bertz CT molecular complexity index is 757. The summed E-state index contributed by atoms with van der Waals surface area (Å²) in [5, 5.41) is 0. The van der Waals surface area contributed by atoms with Crippen LogP contribution >= 0.6 is 0 Å². The van der Waals surface area contributed by atoms with E-state index in [0.29, 0.717) is 18.7 Å². The summed E-state index contributed by atoms with van der Waals surface area (Å²) in [6.07, 6.45) is 14.1. The van der Waals surface area contributed by atoms with Gasteiger partial charge < -0.3 is 4.81 Å². The molecular weight excluding hydrogens is 313 g/mol. The van der Waals surface area contributed by atoms with Crippen LogP contribution in [0, 0.1) is 11.8 Å². The third-order valence-electron chi connectivity index (χ3n) is 6.41. The van der Waals surface area contributed by atoms with Crippen molar-refractivity contribution in [3.05, 3.63) is 70.0 Å². The first kappa shape index (κ1) is 19.1. The Balaban J connectivity index is 2.27. The lowest BCUT2D eigenvalue weighted by Crippen LogP contribution is -2.40. The zero-order valence-corrected chi connectivity index (χ0v) is 17.5. The van der Waals surface area contributed by atoms with Gasteiger partial charge in [0.1, 0.15) is 0 Å². The van der Waals surface area contributed by atoms with E-state index >= 15 is 0 Å². The maximum atomic E-state index is 4.58. The quantitative estimate of drug-likeness (QED) is 0.493. The van der Waals surface area contributed by atoms with Crippen molar-refractivity contribution < 1.29 is 0 Å². The van der Waals surface area contributed by atoms with E-state index < -0.39 is 0 Å². The molecule has 0 aromatic heterocycles. The van der Waals surface area contributed by atoms with Crippen molar-refractivity contribution in [2.75, 3.05) is 0 Å². The van der Waals surface area contributed by atoms with Crippen molar-refractivity contribution >= 4 is 6.85 Å². The number of nitrogens with zero attached hydrogens (tertiary/aromatic N) is 1. The number of hydrogen-bond acceptors (Lipinski definition) is 1. The van der Waals surface area contributed by atoms with Gasteiger partial charge >= 0.3 is 0 Å². The molecule has 0 spiro atoms. The molecule has 1 heterocycles. The zero-order chi connectivity index (χ0) is 19.0. The van der Waals surface area contributed by atoms with Crippen LogP contribution in [0.15, 0.2) is 70.0 Å². The van der Waals surface area contributed by atoms with Crippen LogP contribution in [0.2, 0.25) is 6.82 Å². The Morgan fingerprint density at radius 1 is 1.19 bits per heavy atom. The summed E-state index contributed by atoms with van der Waals surface area (Å²) in [4.78, 5) is 2.42. The number of rotatable bonds is 2. The summed E-state index contributed by atoms with van der Waals surface area (Å²) in [6.45, 7) is 18.8. The van der Waals surface area contributed by atoms with Gasteiger partial charge in [-0.25, -0.2) is 0 Å². The molecule has 1 aliphatic heterocycles. The molecule has 0 radical (unpaired) electrons. The van der Waals surface area contributed by atoms with E-state index in [4.69, 9.17) is 0 Å². The highest BCUT2D eigenvalue weighted by Gasteiger charge is 2.37. The van der Waals surface area contributed by atoms with Crippen LogP contribution < -0.4 is 0 Å². The fourth-order valence-corrected chi connectivity index (χ4v) is 5.11. The summed E-state index contributed by atoms with van der Waals surface area (Å²) in [7, 11) is 0. The summed E-state index contributed by atoms with van der Waals surface area (Å²) in [5.41, 5.74) is 10.3. The molecular formula is C24H34BN. The van der Waals surface area contributed by atoms with E-state index in [9.17, 15) is 0 Å². The van der Waals surface area contributed by atoms with Gasteiger partial charge in [0.25, 0.3) is 6.85 Å². The smallest absolute Gasteiger partial charge is 0.290 e. The van der Waals surface area contributed by atoms with Gasteiger partial charge in [-0.15, -0.1) is 0 Å². The molecule has 1 atom stereocenters. The third-order valence-corrected chi connectivity index (χ3v) is 6.41. The minimum Gasteiger partial charge on any atom is -0.388 e. The molecule has 1 fully saturated rings. The summed E-state index contributed by atoms with van der Waals surface area (Å²) < 4.78 is 0. The highest BCUT2D eigenvalue weighted by atomic mass is 15.1. The van der Waals surface area contributed by atoms with Crippen molar-refractivity contribution in [3.8, 4) is 0 Å². The van der Waals surface area contributed by atoms with Crippen LogP contribution in [0.5, 0.6) is 0 Å². The van der Waals surface area contributed by atoms with Crippen molar-refractivity contribution in [2.45, 2.75) is 67.1 Å². The van der Waals surface area contributed by atoms with E-state index in [1.165, 1.54) is 35.3 Å². The van der Waals surface area contributed by atoms with Crippen molar-refractivity contribution in [1.82, 2.24) is 4.81 Å². The fraction of sp³-hybridized carbons (Fsp3) is 0.500. The first-order valence-corrected chi connectivity index (χ1v) is 10.3. The average molecular weight is 347 g/mol. The molecule has 3 rings (SSSR count). The average Bonchev–Trinajstić information content (AvgIpc) is 2.63. The van der Waals surface area contributed by atoms with Crippen molar-refractivity contribution in [1.29, 1.82) is 0 Å². The van der Waals surface area contributed by atoms with Crippen LogP contribution in [-0.4, -0.2) is 11.7 Å². The Kier molecular flexibility index (Phi) is 5.51. The van der Waals surface area contributed by atoms with Gasteiger partial charge in [0.05, 0.1) is 0 Å². The highest BCUT2D eigenvalue weighted by molar-refractivity contribution is 6.65. The Morgan fingerprint density at radius 3 is 2.50 bits per heavy atom. The van der Waals surface area contributed by atoms with Gasteiger partial charge in [0.2, 0.25) is 0 Å². The van der Waals surface area contributed by atoms with E-state index in [1.54, 1.807) is 16.6 Å². The molecule has 26 heavy (non-hydrogen) atoms. The lowest BCUT2D eigenvalue weighted by molar-refractivity contribution is 0.648. The van der Waals surface area contributed by atoms with Crippen LogP contribution in [0.4, 0.5) is 0 Å². The first-order valence-electron chi connectivity index (χ1n) is 10.3. The molecule has 2 aliphatic carbocycles. The minimum atomic E-state index is 0.328. The van der Waals surface area contributed by atoms with Crippen LogP contribution in [-0.2, 0) is 0 Å². The first-order chi connectivity index (χ1) is 12.4. The summed E-state index contributed by atoms with van der Waals surface area (Å²) in [5.74, 6) is 1.05. The molecule has 0 saturated carbocycles. The standard InChI is InChI=1S/C24H34BN/c1-8-15-26-19(6)23-17(4)11-9-13-21(23)18(5)22-14-10-12-20(16(2)3)24(22)25(26)7/h8,13-16,18H,6,9-12H2,1-5,7H3/b15-8-. The predicted molar refractivity (Wildman–Crippen MR) is 116 cm³/mol. The molecule has 3 aliphatic rings. The predicted octanol–water partition coefficient (Wildman–Crippen LogP) is 6.86. The van der Waals surface area contributed by atoms with Gasteiger partial charge in [0.15, 0.2) is 0 Å². The second-order valence-corrected chi connectivity index (χ2v) is 8.38. The summed E-state index contributed by atoms with van der Waals surface area (Å²) >= 11 is 0. The lowest BCUT2D eigenvalue weighted by atomic mass is 9.47. The van der Waals surface area contributed by atoms with E-state index in [1.807, 2.05) is 0 Å². The fourth-order valence-electron chi connectivity index (χ4n) is 5.11. The van der Waals surface area contributed by atoms with E-state index in [0.717, 1.165) is 12.8 Å². The SMILES string of the molecule is C=C1C2=C(C)CCC=C2C(C)C2=CCCC(C(C)C)=C2B(C)N1/C=C\C. The Labute approximate surface area is 161 Å². The molecule has 0 aromatic carbocycles. The second kappa shape index (κ2) is 7.51. The second-order valence-electron chi connectivity index (χ2n) is 8.38.